The number of hydrogen-bond donors (Lipinski definition) is 0. The van der Waals surface area contributed by atoms with Crippen molar-refractivity contribution in [3.63, 3.8) is 0 Å². The molecular weight excluding hydrogens is 685 g/mol. The Balaban J connectivity index is 4.28. The van der Waals surface area contributed by atoms with Crippen molar-refractivity contribution in [2.24, 2.45) is 0 Å². The van der Waals surface area contributed by atoms with Crippen molar-refractivity contribution in [3.05, 3.63) is 24.5 Å². The van der Waals surface area contributed by atoms with Crippen LogP contribution in [0.25, 0.3) is 0 Å². The lowest BCUT2D eigenvalue weighted by atomic mass is 10.0. The molecule has 0 aliphatic carbocycles. The van der Waals surface area contributed by atoms with Gasteiger partial charge in [-0.3, -0.25) is 9.36 Å². The summed E-state index contributed by atoms with van der Waals surface area (Å²) in [5.41, 5.74) is 0. The Labute approximate surface area is 328 Å². The van der Waals surface area contributed by atoms with Gasteiger partial charge in [0.25, 0.3) is 7.82 Å². The largest absolute Gasteiger partial charge is 0.756 e. The number of hydrogen-bond acceptors (Lipinski definition) is 7. The summed E-state index contributed by atoms with van der Waals surface area (Å²) in [4.78, 5) is 25.0. The van der Waals surface area contributed by atoms with Crippen LogP contribution in [-0.2, 0) is 27.9 Å². The third-order valence-corrected chi connectivity index (χ3v) is 10.5. The zero-order valence-electron chi connectivity index (χ0n) is 35.5. The SMILES string of the molecule is CCCCCCCC/C=C\CCCCCC/C=C\OCC(COP(=O)([O-])OCC[N+](C)(C)C)OC(=O)CCCCCCCCCCCCCCCCC. The molecule has 8 nitrogen and oxygen atoms in total. The standard InChI is InChI=1S/C44H86NO7P/c1-6-8-10-12-14-16-18-20-22-24-26-28-30-32-34-36-39-49-41-43(42-51-53(47,48)50-40-38-45(3,4)5)52-44(46)37-35-33-31-29-27-25-23-21-19-17-15-13-11-9-7-2/h20,22,36,39,43H,6-19,21,23-35,37-38,40-42H2,1-5H3/b22-20-,39-36-. The molecule has 0 saturated heterocycles. The summed E-state index contributed by atoms with van der Waals surface area (Å²) >= 11 is 0. The van der Waals surface area contributed by atoms with E-state index in [4.69, 9.17) is 18.5 Å². The number of nitrogens with zero attached hydrogens (tertiary/aromatic N) is 1. The number of unbranched alkanes of at least 4 members (excludes halogenated alkanes) is 25. The van der Waals surface area contributed by atoms with Crippen LogP contribution >= 0.6 is 7.82 Å². The number of phosphoric ester groups is 1. The van der Waals surface area contributed by atoms with Gasteiger partial charge in [0.1, 0.15) is 19.8 Å². The van der Waals surface area contributed by atoms with Gasteiger partial charge >= 0.3 is 5.97 Å². The summed E-state index contributed by atoms with van der Waals surface area (Å²) in [7, 11) is 1.33. The maximum Gasteiger partial charge on any atom is 0.306 e. The van der Waals surface area contributed by atoms with Crippen molar-refractivity contribution in [3.8, 4) is 0 Å². The Kier molecular flexibility index (Phi) is 36.9. The average molecular weight is 772 g/mol. The number of phosphoric acid groups is 1. The van der Waals surface area contributed by atoms with Crippen LogP contribution in [0.3, 0.4) is 0 Å². The fourth-order valence-corrected chi connectivity index (χ4v) is 6.82. The first kappa shape index (κ1) is 51.8. The third-order valence-electron chi connectivity index (χ3n) is 9.57. The Morgan fingerprint density at radius 1 is 0.585 bits per heavy atom. The first-order chi connectivity index (χ1) is 25.6. The van der Waals surface area contributed by atoms with Gasteiger partial charge in [0, 0.05) is 6.42 Å². The molecule has 53 heavy (non-hydrogen) atoms. The van der Waals surface area contributed by atoms with Gasteiger partial charge in [-0.25, -0.2) is 0 Å². The number of esters is 1. The van der Waals surface area contributed by atoms with E-state index < -0.39 is 13.9 Å². The molecule has 0 aromatic carbocycles. The summed E-state index contributed by atoms with van der Waals surface area (Å²) in [6.45, 7) is 4.74. The Morgan fingerprint density at radius 2 is 1.00 bits per heavy atom. The zero-order valence-corrected chi connectivity index (χ0v) is 36.4. The first-order valence-corrected chi connectivity index (χ1v) is 23.6. The Morgan fingerprint density at radius 3 is 1.45 bits per heavy atom. The van der Waals surface area contributed by atoms with E-state index in [-0.39, 0.29) is 25.8 Å². The lowest BCUT2D eigenvalue weighted by molar-refractivity contribution is -0.870. The monoisotopic (exact) mass is 772 g/mol. The molecule has 0 heterocycles. The predicted octanol–water partition coefficient (Wildman–Crippen LogP) is 12.5. The normalized spacial score (nSPS) is 13.9. The summed E-state index contributed by atoms with van der Waals surface area (Å²) < 4.78 is 34.3. The van der Waals surface area contributed by atoms with Crippen LogP contribution in [0.15, 0.2) is 24.5 Å². The molecule has 0 spiro atoms. The lowest BCUT2D eigenvalue weighted by Crippen LogP contribution is -2.37. The van der Waals surface area contributed by atoms with Crippen molar-refractivity contribution in [1.29, 1.82) is 0 Å². The quantitative estimate of drug-likeness (QED) is 0.0152. The van der Waals surface area contributed by atoms with Gasteiger partial charge < -0.3 is 27.9 Å². The average Bonchev–Trinajstić information content (AvgIpc) is 3.11. The van der Waals surface area contributed by atoms with Gasteiger partial charge in [0.15, 0.2) is 6.10 Å². The summed E-state index contributed by atoms with van der Waals surface area (Å²) in [5.74, 6) is -0.357. The maximum atomic E-state index is 12.7. The molecule has 0 rings (SSSR count). The molecule has 0 saturated carbocycles. The molecule has 0 aliphatic heterocycles. The molecule has 0 aliphatic rings. The number of carbonyl (C=O) groups is 1. The van der Waals surface area contributed by atoms with Crippen molar-refractivity contribution >= 4 is 13.8 Å². The van der Waals surface area contributed by atoms with Crippen LogP contribution < -0.4 is 4.89 Å². The molecule has 314 valence electrons. The smallest absolute Gasteiger partial charge is 0.306 e. The van der Waals surface area contributed by atoms with Crippen LogP contribution in [0.2, 0.25) is 0 Å². The van der Waals surface area contributed by atoms with Gasteiger partial charge in [0.05, 0.1) is 34.0 Å². The van der Waals surface area contributed by atoms with E-state index in [1.807, 2.05) is 27.2 Å². The number of quaternary nitrogens is 1. The molecule has 0 radical (unpaired) electrons. The molecule has 2 unspecified atom stereocenters. The van der Waals surface area contributed by atoms with Gasteiger partial charge in [-0.05, 0) is 51.0 Å². The van der Waals surface area contributed by atoms with E-state index in [2.05, 4.69) is 26.0 Å². The Hall–Kier alpha value is -1.18. The highest BCUT2D eigenvalue weighted by atomic mass is 31.2. The van der Waals surface area contributed by atoms with Crippen molar-refractivity contribution < 1.29 is 37.3 Å². The minimum atomic E-state index is -4.54. The van der Waals surface area contributed by atoms with Gasteiger partial charge in [0.2, 0.25) is 0 Å². The van der Waals surface area contributed by atoms with Crippen LogP contribution in [0.1, 0.15) is 200 Å². The minimum absolute atomic E-state index is 0.0170. The van der Waals surface area contributed by atoms with E-state index in [1.54, 1.807) is 6.26 Å². The van der Waals surface area contributed by atoms with Gasteiger partial charge in [-0.1, -0.05) is 161 Å². The molecule has 0 N–H and O–H groups in total. The number of likely N-dealkylation sites (N-methyl/N-ethyl adjacent to an activating group) is 1. The number of ether oxygens (including phenoxy) is 2. The molecule has 0 aromatic heterocycles. The van der Waals surface area contributed by atoms with E-state index in [9.17, 15) is 14.3 Å². The van der Waals surface area contributed by atoms with E-state index in [0.29, 0.717) is 17.4 Å². The third kappa shape index (κ3) is 41.8. The van der Waals surface area contributed by atoms with Crippen LogP contribution in [-0.4, -0.2) is 64.1 Å². The fraction of sp³-hybridized carbons (Fsp3) is 0.886. The molecule has 0 amide bonds. The lowest BCUT2D eigenvalue weighted by Gasteiger charge is -2.28. The minimum Gasteiger partial charge on any atom is -0.756 e. The van der Waals surface area contributed by atoms with E-state index in [0.717, 1.165) is 38.5 Å². The van der Waals surface area contributed by atoms with Crippen molar-refractivity contribution in [2.45, 2.75) is 206 Å². The van der Waals surface area contributed by atoms with Crippen LogP contribution in [0, 0.1) is 0 Å². The second kappa shape index (κ2) is 37.7. The maximum absolute atomic E-state index is 12.7. The summed E-state index contributed by atoms with van der Waals surface area (Å²) in [5, 5.41) is 0. The van der Waals surface area contributed by atoms with Crippen molar-refractivity contribution in [2.75, 3.05) is 47.5 Å². The molecular formula is C44H86NO7P. The second-order valence-corrected chi connectivity index (χ2v) is 17.5. The van der Waals surface area contributed by atoms with Crippen LogP contribution in [0.5, 0.6) is 0 Å². The summed E-state index contributed by atoms with van der Waals surface area (Å²) in [6, 6.07) is 0. The highest BCUT2D eigenvalue weighted by molar-refractivity contribution is 7.45. The van der Waals surface area contributed by atoms with E-state index in [1.165, 1.54) is 141 Å². The predicted molar refractivity (Wildman–Crippen MR) is 222 cm³/mol. The zero-order chi connectivity index (χ0) is 39.1. The van der Waals surface area contributed by atoms with Crippen molar-refractivity contribution in [1.82, 2.24) is 0 Å². The van der Waals surface area contributed by atoms with Crippen LogP contribution in [0.4, 0.5) is 0 Å². The second-order valence-electron chi connectivity index (χ2n) is 16.1. The topological polar surface area (TPSA) is 94.1 Å². The molecule has 0 aromatic rings. The summed E-state index contributed by atoms with van der Waals surface area (Å²) in [6.07, 6.45) is 42.8. The number of carbonyl (C=O) groups excluding carboxylic acids is 1. The van der Waals surface area contributed by atoms with Gasteiger partial charge in [-0.15, -0.1) is 0 Å². The fourth-order valence-electron chi connectivity index (χ4n) is 6.09. The Bertz CT molecular complexity index is 905. The molecule has 0 bridgehead atoms. The van der Waals surface area contributed by atoms with E-state index >= 15 is 0 Å². The highest BCUT2D eigenvalue weighted by Crippen LogP contribution is 2.38. The molecule has 2 atom stereocenters. The molecule has 9 heteroatoms. The first-order valence-electron chi connectivity index (χ1n) is 22.1. The number of rotatable bonds is 41. The molecule has 0 fully saturated rings. The number of allylic oxidation sites excluding steroid dienone is 3. The highest BCUT2D eigenvalue weighted by Gasteiger charge is 2.20. The van der Waals surface area contributed by atoms with Gasteiger partial charge in [-0.2, -0.15) is 0 Å².